The Balaban J connectivity index is 0.00000312. The van der Waals surface area contributed by atoms with Crippen LogP contribution in [0.25, 0.3) is 0 Å². The first-order valence-electron chi connectivity index (χ1n) is 8.21. The summed E-state index contributed by atoms with van der Waals surface area (Å²) in [6, 6.07) is 13.1. The van der Waals surface area contributed by atoms with Gasteiger partial charge in [0.15, 0.2) is 0 Å². The average molecular weight is 379 g/mol. The van der Waals surface area contributed by atoms with Gasteiger partial charge in [0.05, 0.1) is 0 Å². The number of nitrogens with one attached hydrogen (secondary N) is 1. The summed E-state index contributed by atoms with van der Waals surface area (Å²) in [5.41, 5.74) is 11.3. The van der Waals surface area contributed by atoms with Gasteiger partial charge in [-0.3, -0.25) is 4.79 Å². The van der Waals surface area contributed by atoms with Crippen molar-refractivity contribution in [3.8, 4) is 0 Å². The van der Waals surface area contributed by atoms with Gasteiger partial charge in [-0.15, -0.1) is 12.4 Å². The standard InChI is InChI=1S/C20H26N2OS.ClH/c1-13(2)24-12-17-6-5-7-18(15(17)4)22-20(23)19(21)16-10-8-14(3)9-11-16;/h5-11,13,19H,12,21H2,1-4H3,(H,22,23);1H. The fourth-order valence-corrected chi connectivity index (χ4v) is 3.19. The van der Waals surface area contributed by atoms with Crippen LogP contribution in [0.15, 0.2) is 42.5 Å². The molecular weight excluding hydrogens is 352 g/mol. The molecule has 0 bridgehead atoms. The van der Waals surface area contributed by atoms with E-state index in [-0.39, 0.29) is 18.3 Å². The van der Waals surface area contributed by atoms with E-state index < -0.39 is 6.04 Å². The van der Waals surface area contributed by atoms with Crippen molar-refractivity contribution in [2.24, 2.45) is 5.73 Å². The van der Waals surface area contributed by atoms with Gasteiger partial charge in [-0.1, -0.05) is 55.8 Å². The van der Waals surface area contributed by atoms with E-state index in [4.69, 9.17) is 5.73 Å². The highest BCUT2D eigenvalue weighted by atomic mass is 35.5. The van der Waals surface area contributed by atoms with Crippen molar-refractivity contribution in [1.29, 1.82) is 0 Å². The number of rotatable bonds is 6. The molecule has 1 unspecified atom stereocenters. The van der Waals surface area contributed by atoms with Crippen LogP contribution in [0.5, 0.6) is 0 Å². The van der Waals surface area contributed by atoms with Crippen molar-refractivity contribution in [3.63, 3.8) is 0 Å². The Hall–Kier alpha value is -1.49. The van der Waals surface area contributed by atoms with E-state index in [9.17, 15) is 4.79 Å². The van der Waals surface area contributed by atoms with E-state index in [1.165, 1.54) is 5.56 Å². The van der Waals surface area contributed by atoms with Gasteiger partial charge in [0.2, 0.25) is 5.91 Å². The summed E-state index contributed by atoms with van der Waals surface area (Å²) < 4.78 is 0. The van der Waals surface area contributed by atoms with Gasteiger partial charge in [-0.2, -0.15) is 11.8 Å². The Kier molecular flexibility index (Phi) is 8.50. The molecule has 2 aromatic rings. The van der Waals surface area contributed by atoms with Crippen molar-refractivity contribution in [3.05, 3.63) is 64.7 Å². The summed E-state index contributed by atoms with van der Waals surface area (Å²) in [4.78, 5) is 12.5. The number of anilines is 1. The first-order valence-corrected chi connectivity index (χ1v) is 9.26. The predicted molar refractivity (Wildman–Crippen MR) is 112 cm³/mol. The summed E-state index contributed by atoms with van der Waals surface area (Å²) in [5.74, 6) is 0.757. The maximum Gasteiger partial charge on any atom is 0.245 e. The molecule has 3 nitrogen and oxygen atoms in total. The van der Waals surface area contributed by atoms with Crippen molar-refractivity contribution in [2.75, 3.05) is 5.32 Å². The van der Waals surface area contributed by atoms with E-state index in [2.05, 4.69) is 25.2 Å². The lowest BCUT2D eigenvalue weighted by molar-refractivity contribution is -0.117. The third-order valence-corrected chi connectivity index (χ3v) is 5.14. The lowest BCUT2D eigenvalue weighted by Crippen LogP contribution is -2.28. The second kappa shape index (κ2) is 9.85. The van der Waals surface area contributed by atoms with Gasteiger partial charge in [0, 0.05) is 11.4 Å². The van der Waals surface area contributed by atoms with E-state index in [1.54, 1.807) is 0 Å². The second-order valence-corrected chi connectivity index (χ2v) is 7.89. The summed E-state index contributed by atoms with van der Waals surface area (Å²) in [6.07, 6.45) is 0. The van der Waals surface area contributed by atoms with Crippen LogP contribution in [0.4, 0.5) is 5.69 Å². The molecule has 0 aliphatic rings. The molecule has 0 radical (unpaired) electrons. The molecule has 0 aliphatic carbocycles. The molecule has 0 spiro atoms. The number of carbonyl (C=O) groups excluding carboxylic acids is 1. The molecule has 1 atom stereocenters. The van der Waals surface area contributed by atoms with Crippen molar-refractivity contribution in [2.45, 2.75) is 44.7 Å². The zero-order valence-corrected chi connectivity index (χ0v) is 16.8. The smallest absolute Gasteiger partial charge is 0.245 e. The van der Waals surface area contributed by atoms with Gasteiger partial charge in [0.1, 0.15) is 6.04 Å². The number of hydrogen-bond acceptors (Lipinski definition) is 3. The third kappa shape index (κ3) is 6.07. The quantitative estimate of drug-likeness (QED) is 0.743. The molecular formula is C20H27ClN2OS. The Morgan fingerprint density at radius 2 is 1.76 bits per heavy atom. The molecule has 136 valence electrons. The van der Waals surface area contributed by atoms with Crippen LogP contribution in [0, 0.1) is 13.8 Å². The molecule has 0 saturated heterocycles. The van der Waals surface area contributed by atoms with E-state index in [0.717, 1.165) is 28.1 Å². The first-order chi connectivity index (χ1) is 11.4. The number of amides is 1. The van der Waals surface area contributed by atoms with Crippen molar-refractivity contribution >= 4 is 35.8 Å². The van der Waals surface area contributed by atoms with Crippen LogP contribution in [-0.4, -0.2) is 11.2 Å². The van der Waals surface area contributed by atoms with Crippen LogP contribution < -0.4 is 11.1 Å². The average Bonchev–Trinajstić information content (AvgIpc) is 2.55. The van der Waals surface area contributed by atoms with Crippen LogP contribution in [0.3, 0.4) is 0 Å². The SMILES string of the molecule is Cc1ccc(C(N)C(=O)Nc2cccc(CSC(C)C)c2C)cc1.Cl. The Labute approximate surface area is 161 Å². The van der Waals surface area contributed by atoms with Gasteiger partial charge in [-0.05, 0) is 41.9 Å². The minimum absolute atomic E-state index is 0. The number of aryl methyl sites for hydroxylation is 1. The number of thioether (sulfide) groups is 1. The highest BCUT2D eigenvalue weighted by Crippen LogP contribution is 2.25. The number of hydrogen-bond donors (Lipinski definition) is 2. The summed E-state index contributed by atoms with van der Waals surface area (Å²) in [7, 11) is 0. The number of carbonyl (C=O) groups is 1. The van der Waals surface area contributed by atoms with E-state index in [0.29, 0.717) is 5.25 Å². The van der Waals surface area contributed by atoms with Crippen LogP contribution >= 0.6 is 24.2 Å². The van der Waals surface area contributed by atoms with Crippen molar-refractivity contribution in [1.82, 2.24) is 0 Å². The minimum Gasteiger partial charge on any atom is -0.324 e. The van der Waals surface area contributed by atoms with Gasteiger partial charge >= 0.3 is 0 Å². The molecule has 2 rings (SSSR count). The Bertz CT molecular complexity index is 701. The van der Waals surface area contributed by atoms with Gasteiger partial charge in [-0.25, -0.2) is 0 Å². The van der Waals surface area contributed by atoms with E-state index in [1.807, 2.05) is 62.0 Å². The molecule has 5 heteroatoms. The molecule has 0 aromatic heterocycles. The highest BCUT2D eigenvalue weighted by Gasteiger charge is 2.17. The highest BCUT2D eigenvalue weighted by molar-refractivity contribution is 7.99. The molecule has 0 heterocycles. The van der Waals surface area contributed by atoms with Crippen LogP contribution in [0.1, 0.15) is 42.1 Å². The lowest BCUT2D eigenvalue weighted by Gasteiger charge is -2.16. The number of nitrogens with two attached hydrogens (primary N) is 1. The Morgan fingerprint density at radius 3 is 2.36 bits per heavy atom. The fourth-order valence-electron chi connectivity index (χ4n) is 2.37. The molecule has 25 heavy (non-hydrogen) atoms. The first kappa shape index (κ1) is 21.6. The fraction of sp³-hybridized carbons (Fsp3) is 0.350. The molecule has 2 aromatic carbocycles. The Morgan fingerprint density at radius 1 is 1.12 bits per heavy atom. The van der Waals surface area contributed by atoms with Crippen LogP contribution in [-0.2, 0) is 10.5 Å². The zero-order valence-electron chi connectivity index (χ0n) is 15.2. The van der Waals surface area contributed by atoms with Gasteiger partial charge in [0.25, 0.3) is 0 Å². The predicted octanol–water partition coefficient (Wildman–Crippen LogP) is 5.01. The molecule has 0 saturated carbocycles. The number of halogens is 1. The minimum atomic E-state index is -0.668. The molecule has 3 N–H and O–H groups in total. The second-order valence-electron chi connectivity index (χ2n) is 6.33. The van der Waals surface area contributed by atoms with Gasteiger partial charge < -0.3 is 11.1 Å². The maximum absolute atomic E-state index is 12.5. The monoisotopic (exact) mass is 378 g/mol. The molecule has 1 amide bonds. The largest absolute Gasteiger partial charge is 0.324 e. The summed E-state index contributed by atoms with van der Waals surface area (Å²) in [6.45, 7) is 8.43. The van der Waals surface area contributed by atoms with E-state index >= 15 is 0 Å². The molecule has 0 fully saturated rings. The maximum atomic E-state index is 12.5. The third-order valence-electron chi connectivity index (χ3n) is 3.99. The topological polar surface area (TPSA) is 55.1 Å². The summed E-state index contributed by atoms with van der Waals surface area (Å²) in [5, 5.41) is 3.56. The molecule has 0 aliphatic heterocycles. The van der Waals surface area contributed by atoms with Crippen molar-refractivity contribution < 1.29 is 4.79 Å². The van der Waals surface area contributed by atoms with Crippen LogP contribution in [0.2, 0.25) is 0 Å². The number of benzene rings is 2. The summed E-state index contributed by atoms with van der Waals surface area (Å²) >= 11 is 1.89. The zero-order chi connectivity index (χ0) is 17.7. The lowest BCUT2D eigenvalue weighted by atomic mass is 10.0. The normalized spacial score (nSPS) is 11.8.